The lowest BCUT2D eigenvalue weighted by molar-refractivity contribution is 0.0572. The van der Waals surface area contributed by atoms with E-state index < -0.39 is 12.2 Å². The number of benzene rings is 1. The van der Waals surface area contributed by atoms with Crippen molar-refractivity contribution < 1.29 is 10.2 Å². The fourth-order valence-electron chi connectivity index (χ4n) is 2.64. The van der Waals surface area contributed by atoms with E-state index in [-0.39, 0.29) is 12.1 Å². The lowest BCUT2D eigenvalue weighted by atomic mass is 9.96. The van der Waals surface area contributed by atoms with Crippen molar-refractivity contribution in [1.29, 1.82) is 0 Å². The monoisotopic (exact) mass is 284 g/mol. The van der Waals surface area contributed by atoms with Crippen molar-refractivity contribution in [3.63, 3.8) is 0 Å². The van der Waals surface area contributed by atoms with Gasteiger partial charge in [0.15, 0.2) is 0 Å². The highest BCUT2D eigenvalue weighted by Crippen LogP contribution is 2.29. The van der Waals surface area contributed by atoms with Gasteiger partial charge in [-0.15, -0.1) is 0 Å². The molecule has 4 atom stereocenters. The third-order valence-corrected chi connectivity index (χ3v) is 4.02. The molecule has 1 aromatic rings. The summed E-state index contributed by atoms with van der Waals surface area (Å²) in [5.41, 5.74) is 7.29. The number of aliphatic hydroxyl groups is 2. The maximum atomic E-state index is 9.71. The number of likely N-dealkylation sites (tertiary alicyclic amines) is 1. The van der Waals surface area contributed by atoms with Gasteiger partial charge in [0.1, 0.15) is 0 Å². The first-order chi connectivity index (χ1) is 9.02. The molecule has 4 unspecified atom stereocenters. The maximum absolute atomic E-state index is 9.71. The van der Waals surface area contributed by atoms with Crippen LogP contribution in [0.2, 0.25) is 5.02 Å². The average molecular weight is 285 g/mol. The second-order valence-electron chi connectivity index (χ2n) is 5.16. The first-order valence-corrected chi connectivity index (χ1v) is 7.02. The smallest absolute Gasteiger partial charge is 0.0938 e. The van der Waals surface area contributed by atoms with Crippen LogP contribution in [0.25, 0.3) is 0 Å². The Bertz CT molecular complexity index is 402. The van der Waals surface area contributed by atoms with Crippen molar-refractivity contribution in [2.24, 2.45) is 5.73 Å². The second-order valence-corrected chi connectivity index (χ2v) is 5.59. The average Bonchev–Trinajstić information content (AvgIpc) is 2.71. The van der Waals surface area contributed by atoms with Crippen LogP contribution in [0.15, 0.2) is 24.3 Å². The zero-order valence-electron chi connectivity index (χ0n) is 11.0. The molecular formula is C14H21ClN2O2. The topological polar surface area (TPSA) is 69.7 Å². The van der Waals surface area contributed by atoms with Gasteiger partial charge in [-0.2, -0.15) is 0 Å². The minimum Gasteiger partial charge on any atom is -0.389 e. The number of nitrogens with two attached hydrogens (primary N) is 1. The van der Waals surface area contributed by atoms with Gasteiger partial charge < -0.3 is 15.9 Å². The third kappa shape index (κ3) is 3.27. The van der Waals surface area contributed by atoms with E-state index >= 15 is 0 Å². The van der Waals surface area contributed by atoms with Crippen LogP contribution in [0.1, 0.15) is 24.9 Å². The third-order valence-electron chi connectivity index (χ3n) is 3.77. The molecule has 0 aliphatic carbocycles. The van der Waals surface area contributed by atoms with Crippen LogP contribution in [-0.2, 0) is 0 Å². The van der Waals surface area contributed by atoms with Gasteiger partial charge in [0.2, 0.25) is 0 Å². The Morgan fingerprint density at radius 3 is 2.26 bits per heavy atom. The molecule has 4 N–H and O–H groups in total. The van der Waals surface area contributed by atoms with Gasteiger partial charge in [0.25, 0.3) is 0 Å². The van der Waals surface area contributed by atoms with Gasteiger partial charge in [0.05, 0.1) is 18.2 Å². The van der Waals surface area contributed by atoms with Crippen LogP contribution in [-0.4, -0.2) is 46.5 Å². The van der Waals surface area contributed by atoms with E-state index in [9.17, 15) is 10.2 Å². The van der Waals surface area contributed by atoms with Crippen LogP contribution in [0.3, 0.4) is 0 Å². The molecule has 0 amide bonds. The summed E-state index contributed by atoms with van der Waals surface area (Å²) in [4.78, 5) is 2.05. The van der Waals surface area contributed by atoms with Gasteiger partial charge in [-0.1, -0.05) is 30.7 Å². The zero-order chi connectivity index (χ0) is 14.0. The minimum atomic E-state index is -0.696. The highest BCUT2D eigenvalue weighted by Gasteiger charge is 2.36. The number of hydrogen-bond donors (Lipinski definition) is 3. The molecule has 5 heteroatoms. The van der Waals surface area contributed by atoms with Crippen molar-refractivity contribution >= 4 is 11.6 Å². The molecule has 0 spiro atoms. The summed E-state index contributed by atoms with van der Waals surface area (Å²) in [7, 11) is 0. The summed E-state index contributed by atoms with van der Waals surface area (Å²) >= 11 is 5.91. The Balaban J connectivity index is 2.24. The number of nitrogens with zero attached hydrogens (tertiary/aromatic N) is 1. The predicted octanol–water partition coefficient (Wildman–Crippen LogP) is 1.16. The maximum Gasteiger partial charge on any atom is 0.0938 e. The fraction of sp³-hybridized carbons (Fsp3) is 0.571. The number of aliphatic hydroxyl groups excluding tert-OH is 2. The molecule has 1 saturated heterocycles. The first kappa shape index (κ1) is 14.8. The molecular weight excluding hydrogens is 264 g/mol. The molecule has 0 radical (unpaired) electrons. The van der Waals surface area contributed by atoms with Crippen molar-refractivity contribution in [1.82, 2.24) is 4.90 Å². The Labute approximate surface area is 118 Å². The van der Waals surface area contributed by atoms with E-state index in [4.69, 9.17) is 17.3 Å². The van der Waals surface area contributed by atoms with Crippen molar-refractivity contribution in [2.45, 2.75) is 37.6 Å². The van der Waals surface area contributed by atoms with E-state index in [0.29, 0.717) is 18.1 Å². The second kappa shape index (κ2) is 6.20. The predicted molar refractivity (Wildman–Crippen MR) is 76.0 cm³/mol. The molecule has 106 valence electrons. The molecule has 1 aromatic carbocycles. The summed E-state index contributed by atoms with van der Waals surface area (Å²) in [5.74, 6) is 0. The van der Waals surface area contributed by atoms with Gasteiger partial charge in [-0.05, 0) is 24.1 Å². The van der Waals surface area contributed by atoms with E-state index in [2.05, 4.69) is 0 Å². The Morgan fingerprint density at radius 2 is 1.79 bits per heavy atom. The quantitative estimate of drug-likeness (QED) is 0.776. The van der Waals surface area contributed by atoms with E-state index in [1.54, 1.807) is 0 Å². The normalized spacial score (nSPS) is 27.4. The van der Waals surface area contributed by atoms with Crippen LogP contribution in [0, 0.1) is 0 Å². The van der Waals surface area contributed by atoms with Crippen LogP contribution in [0.4, 0.5) is 0 Å². The standard InChI is InChI=1S/C14H21ClN2O2/c1-2-11(16)14(9-3-5-10(15)6-4-9)17-7-12(18)13(19)8-17/h3-6,11-14,18-19H,2,7-8,16H2,1H3. The fourth-order valence-corrected chi connectivity index (χ4v) is 2.76. The summed E-state index contributed by atoms with van der Waals surface area (Å²) in [5, 5.41) is 20.1. The van der Waals surface area contributed by atoms with Crippen molar-refractivity contribution in [2.75, 3.05) is 13.1 Å². The Hall–Kier alpha value is -0.650. The van der Waals surface area contributed by atoms with E-state index in [1.807, 2.05) is 36.1 Å². The van der Waals surface area contributed by atoms with E-state index in [0.717, 1.165) is 12.0 Å². The molecule has 4 nitrogen and oxygen atoms in total. The molecule has 0 saturated carbocycles. The summed E-state index contributed by atoms with van der Waals surface area (Å²) < 4.78 is 0. The zero-order valence-corrected chi connectivity index (χ0v) is 11.8. The molecule has 19 heavy (non-hydrogen) atoms. The Kier molecular flexibility index (Phi) is 4.81. The summed E-state index contributed by atoms with van der Waals surface area (Å²) in [6, 6.07) is 7.55. The largest absolute Gasteiger partial charge is 0.389 e. The lowest BCUT2D eigenvalue weighted by Gasteiger charge is -2.32. The van der Waals surface area contributed by atoms with E-state index in [1.165, 1.54) is 0 Å². The van der Waals surface area contributed by atoms with Crippen molar-refractivity contribution in [3.05, 3.63) is 34.9 Å². The van der Waals surface area contributed by atoms with Crippen molar-refractivity contribution in [3.8, 4) is 0 Å². The Morgan fingerprint density at radius 1 is 1.26 bits per heavy atom. The van der Waals surface area contributed by atoms with Gasteiger partial charge in [0, 0.05) is 24.2 Å². The molecule has 1 heterocycles. The lowest BCUT2D eigenvalue weighted by Crippen LogP contribution is -2.40. The summed E-state index contributed by atoms with van der Waals surface area (Å²) in [6.07, 6.45) is -0.562. The highest BCUT2D eigenvalue weighted by atomic mass is 35.5. The molecule has 1 aliphatic heterocycles. The van der Waals surface area contributed by atoms with Crippen LogP contribution >= 0.6 is 11.6 Å². The summed E-state index contributed by atoms with van der Waals surface area (Å²) in [6.45, 7) is 2.93. The minimum absolute atomic E-state index is 0.00549. The number of rotatable bonds is 4. The van der Waals surface area contributed by atoms with Gasteiger partial charge in [-0.25, -0.2) is 0 Å². The molecule has 1 aliphatic rings. The van der Waals surface area contributed by atoms with Crippen LogP contribution < -0.4 is 5.73 Å². The van der Waals surface area contributed by atoms with Gasteiger partial charge in [-0.3, -0.25) is 4.90 Å². The van der Waals surface area contributed by atoms with Gasteiger partial charge >= 0.3 is 0 Å². The molecule has 0 aromatic heterocycles. The SMILES string of the molecule is CCC(N)C(c1ccc(Cl)cc1)N1CC(O)C(O)C1. The molecule has 0 bridgehead atoms. The number of halogens is 1. The van der Waals surface area contributed by atoms with Crippen LogP contribution in [0.5, 0.6) is 0 Å². The molecule has 2 rings (SSSR count). The number of hydrogen-bond acceptors (Lipinski definition) is 4. The number of β-amino-alcohol motifs (C(OH)–C–C–N with tert-alkyl or cyclic N) is 2. The highest BCUT2D eigenvalue weighted by molar-refractivity contribution is 6.30. The first-order valence-electron chi connectivity index (χ1n) is 6.64. The molecule has 1 fully saturated rings.